The first-order valence-corrected chi connectivity index (χ1v) is 6.27. The van der Waals surface area contributed by atoms with Crippen molar-refractivity contribution in [1.29, 1.82) is 5.26 Å². The molecule has 0 saturated carbocycles. The number of carbonyl (C=O) groups is 2. The van der Waals surface area contributed by atoms with Crippen molar-refractivity contribution < 1.29 is 14.3 Å². The summed E-state index contributed by atoms with van der Waals surface area (Å²) in [5, 5.41) is 8.87. The molecule has 112 valence electrons. The van der Waals surface area contributed by atoms with Crippen LogP contribution < -0.4 is 4.90 Å². The van der Waals surface area contributed by atoms with Crippen molar-refractivity contribution in [3.8, 4) is 6.07 Å². The van der Waals surface area contributed by atoms with E-state index in [-0.39, 0.29) is 11.5 Å². The van der Waals surface area contributed by atoms with Gasteiger partial charge < -0.3 is 9.64 Å². The van der Waals surface area contributed by atoms with E-state index in [0.29, 0.717) is 0 Å². The number of hydrogen-bond donors (Lipinski definition) is 0. The number of amides is 3. The molecule has 0 saturated heterocycles. The lowest BCUT2D eigenvalue weighted by atomic mass is 10.2. The van der Waals surface area contributed by atoms with E-state index in [9.17, 15) is 9.59 Å². The third-order valence-corrected chi connectivity index (χ3v) is 2.23. The van der Waals surface area contributed by atoms with Gasteiger partial charge in [-0.1, -0.05) is 6.07 Å². The lowest BCUT2D eigenvalue weighted by Gasteiger charge is -2.27. The Balaban J connectivity index is 3.23. The molecule has 21 heavy (non-hydrogen) atoms. The van der Waals surface area contributed by atoms with Gasteiger partial charge in [0.05, 0.1) is 0 Å². The minimum atomic E-state index is -0.844. The molecule has 0 aromatic carbocycles. The zero-order valence-electron chi connectivity index (χ0n) is 12.7. The summed E-state index contributed by atoms with van der Waals surface area (Å²) < 4.78 is 5.22. The summed E-state index contributed by atoms with van der Waals surface area (Å²) in [6.45, 7) is 5.09. The van der Waals surface area contributed by atoms with Crippen molar-refractivity contribution in [2.45, 2.75) is 26.4 Å². The maximum absolute atomic E-state index is 12.2. The molecule has 1 aromatic heterocycles. The number of urea groups is 1. The fourth-order valence-electron chi connectivity index (χ4n) is 1.39. The number of carbonyl (C=O) groups excluding carboxylic acids is 2. The van der Waals surface area contributed by atoms with Gasteiger partial charge in [-0.15, -0.1) is 0 Å². The van der Waals surface area contributed by atoms with E-state index in [1.54, 1.807) is 26.8 Å². The number of pyridine rings is 1. The first-order chi connectivity index (χ1) is 9.65. The molecule has 0 N–H and O–H groups in total. The summed E-state index contributed by atoms with van der Waals surface area (Å²) in [4.78, 5) is 30.4. The predicted molar refractivity (Wildman–Crippen MR) is 76.7 cm³/mol. The van der Waals surface area contributed by atoms with Gasteiger partial charge in [0, 0.05) is 14.1 Å². The van der Waals surface area contributed by atoms with Gasteiger partial charge in [-0.2, -0.15) is 10.2 Å². The molecule has 1 rings (SSSR count). The van der Waals surface area contributed by atoms with Gasteiger partial charge in [0.15, 0.2) is 0 Å². The SMILES string of the molecule is CN(C)C(=O)N(C(=O)OC(C)(C)C)c1cccc(C#N)n1. The van der Waals surface area contributed by atoms with E-state index in [1.807, 2.05) is 6.07 Å². The number of nitrogens with zero attached hydrogens (tertiary/aromatic N) is 4. The van der Waals surface area contributed by atoms with Crippen LogP contribution >= 0.6 is 0 Å². The van der Waals surface area contributed by atoms with Crippen molar-refractivity contribution >= 4 is 17.9 Å². The van der Waals surface area contributed by atoms with Crippen LogP contribution in [0.3, 0.4) is 0 Å². The second-order valence-electron chi connectivity index (χ2n) is 5.49. The van der Waals surface area contributed by atoms with Crippen LogP contribution in [0.4, 0.5) is 15.4 Å². The Morgan fingerprint density at radius 2 is 1.90 bits per heavy atom. The fourth-order valence-corrected chi connectivity index (χ4v) is 1.39. The number of nitriles is 1. The molecule has 0 aliphatic carbocycles. The molecular weight excluding hydrogens is 272 g/mol. The van der Waals surface area contributed by atoms with Crippen LogP contribution in [0.15, 0.2) is 18.2 Å². The molecule has 7 nitrogen and oxygen atoms in total. The molecule has 0 unspecified atom stereocenters. The van der Waals surface area contributed by atoms with Crippen molar-refractivity contribution in [3.05, 3.63) is 23.9 Å². The Bertz CT molecular complexity index is 585. The van der Waals surface area contributed by atoms with Gasteiger partial charge in [-0.05, 0) is 32.9 Å². The van der Waals surface area contributed by atoms with Crippen molar-refractivity contribution in [2.24, 2.45) is 0 Å². The first-order valence-electron chi connectivity index (χ1n) is 6.27. The number of rotatable bonds is 1. The maximum Gasteiger partial charge on any atom is 0.424 e. The predicted octanol–water partition coefficient (Wildman–Crippen LogP) is 2.38. The van der Waals surface area contributed by atoms with Crippen LogP contribution in [0, 0.1) is 11.3 Å². The highest BCUT2D eigenvalue weighted by atomic mass is 16.6. The van der Waals surface area contributed by atoms with Gasteiger partial charge in [-0.3, -0.25) is 0 Å². The topological polar surface area (TPSA) is 86.5 Å². The molecule has 0 radical (unpaired) electrons. The molecular formula is C14H18N4O3. The highest BCUT2D eigenvalue weighted by Gasteiger charge is 2.31. The monoisotopic (exact) mass is 290 g/mol. The molecule has 1 aromatic rings. The quantitative estimate of drug-likeness (QED) is 0.792. The average molecular weight is 290 g/mol. The Hall–Kier alpha value is -2.62. The second kappa shape index (κ2) is 6.22. The molecule has 0 aliphatic rings. The maximum atomic E-state index is 12.2. The van der Waals surface area contributed by atoms with Crippen molar-refractivity contribution in [3.63, 3.8) is 0 Å². The lowest BCUT2D eigenvalue weighted by Crippen LogP contribution is -2.46. The molecule has 0 atom stereocenters. The second-order valence-corrected chi connectivity index (χ2v) is 5.49. The number of imide groups is 1. The summed E-state index contributed by atoms with van der Waals surface area (Å²) in [6, 6.07) is 5.75. The molecule has 0 fully saturated rings. The number of hydrogen-bond acceptors (Lipinski definition) is 5. The van der Waals surface area contributed by atoms with Gasteiger partial charge >= 0.3 is 12.1 Å². The van der Waals surface area contributed by atoms with E-state index < -0.39 is 17.7 Å². The van der Waals surface area contributed by atoms with Gasteiger partial charge in [0.2, 0.25) is 0 Å². The Morgan fingerprint density at radius 3 is 2.38 bits per heavy atom. The molecule has 0 aliphatic heterocycles. The summed E-state index contributed by atoms with van der Waals surface area (Å²) >= 11 is 0. The summed E-state index contributed by atoms with van der Waals surface area (Å²) in [7, 11) is 3.02. The minimum Gasteiger partial charge on any atom is -0.443 e. The minimum absolute atomic E-state index is 0.0435. The standard InChI is InChI=1S/C14H18N4O3/c1-14(2,3)21-13(20)18(12(19)17(4)5)11-8-6-7-10(9-15)16-11/h6-8H,1-5H3. The van der Waals surface area contributed by atoms with Gasteiger partial charge in [0.25, 0.3) is 0 Å². The smallest absolute Gasteiger partial charge is 0.424 e. The Kier molecular flexibility index (Phi) is 4.87. The normalized spacial score (nSPS) is 10.5. The van der Waals surface area contributed by atoms with Crippen LogP contribution in [0.25, 0.3) is 0 Å². The van der Waals surface area contributed by atoms with Crippen LogP contribution in [0.1, 0.15) is 26.5 Å². The van der Waals surface area contributed by atoms with Crippen LogP contribution in [-0.4, -0.2) is 41.7 Å². The summed E-state index contributed by atoms with van der Waals surface area (Å²) in [5.41, 5.74) is -0.651. The first kappa shape index (κ1) is 16.4. The van der Waals surface area contributed by atoms with Crippen LogP contribution in [0.5, 0.6) is 0 Å². The zero-order valence-corrected chi connectivity index (χ0v) is 12.7. The lowest BCUT2D eigenvalue weighted by molar-refractivity contribution is 0.0587. The molecule has 0 spiro atoms. The summed E-state index contributed by atoms with van der Waals surface area (Å²) in [5.74, 6) is 0.0435. The molecule has 3 amide bonds. The third kappa shape index (κ3) is 4.45. The van der Waals surface area contributed by atoms with Crippen LogP contribution in [-0.2, 0) is 4.74 Å². The van der Waals surface area contributed by atoms with E-state index in [0.717, 1.165) is 4.90 Å². The fraction of sp³-hybridized carbons (Fsp3) is 0.429. The highest BCUT2D eigenvalue weighted by molar-refractivity contribution is 6.10. The van der Waals surface area contributed by atoms with Crippen molar-refractivity contribution in [1.82, 2.24) is 9.88 Å². The van der Waals surface area contributed by atoms with E-state index >= 15 is 0 Å². The molecule has 1 heterocycles. The number of aromatic nitrogens is 1. The third-order valence-electron chi connectivity index (χ3n) is 2.23. The Labute approximate surface area is 123 Å². The van der Waals surface area contributed by atoms with E-state index in [1.165, 1.54) is 31.1 Å². The summed E-state index contributed by atoms with van der Waals surface area (Å²) in [6.07, 6.45) is -0.844. The van der Waals surface area contributed by atoms with E-state index in [4.69, 9.17) is 10.00 Å². The van der Waals surface area contributed by atoms with Gasteiger partial charge in [-0.25, -0.2) is 14.6 Å². The van der Waals surface area contributed by atoms with Crippen molar-refractivity contribution in [2.75, 3.05) is 19.0 Å². The molecule has 7 heteroatoms. The zero-order chi connectivity index (χ0) is 16.2. The van der Waals surface area contributed by atoms with E-state index in [2.05, 4.69) is 4.98 Å². The van der Waals surface area contributed by atoms with Crippen LogP contribution in [0.2, 0.25) is 0 Å². The number of ether oxygens (including phenoxy) is 1. The Morgan fingerprint density at radius 1 is 1.29 bits per heavy atom. The number of anilines is 1. The molecule has 0 bridgehead atoms. The highest BCUT2D eigenvalue weighted by Crippen LogP contribution is 2.18. The average Bonchev–Trinajstić information content (AvgIpc) is 2.36. The van der Waals surface area contributed by atoms with Gasteiger partial charge in [0.1, 0.15) is 23.2 Å². The largest absolute Gasteiger partial charge is 0.443 e.